The molecular formula is C32H45N3O5. The predicted molar refractivity (Wildman–Crippen MR) is 157 cm³/mol. The Labute approximate surface area is 238 Å². The molecule has 0 aliphatic heterocycles. The van der Waals surface area contributed by atoms with E-state index in [0.29, 0.717) is 17.9 Å². The van der Waals surface area contributed by atoms with E-state index in [9.17, 15) is 14.4 Å². The second-order valence-electron chi connectivity index (χ2n) is 12.3. The molecule has 2 N–H and O–H groups in total. The molecule has 3 amide bonds. The van der Waals surface area contributed by atoms with Gasteiger partial charge in [-0.05, 0) is 94.7 Å². The monoisotopic (exact) mass is 551 g/mol. The van der Waals surface area contributed by atoms with Crippen LogP contribution in [0.5, 0.6) is 5.75 Å². The SMILES string of the molecule is COc1ccc(NC(=O)C(c2ccc(C)cc2C)N(C(=O)C(CC(C)C)NC(=O)OC(C)(C)C)C2CC2C)cc1. The molecule has 4 unspecified atom stereocenters. The Kier molecular flexibility index (Phi) is 9.87. The molecule has 1 fully saturated rings. The van der Waals surface area contributed by atoms with Crippen LogP contribution in [0, 0.1) is 25.7 Å². The average Bonchev–Trinajstić information content (AvgIpc) is 3.56. The van der Waals surface area contributed by atoms with E-state index in [2.05, 4.69) is 17.6 Å². The summed E-state index contributed by atoms with van der Waals surface area (Å²) in [7, 11) is 1.59. The summed E-state index contributed by atoms with van der Waals surface area (Å²) in [6.45, 7) is 15.4. The molecule has 2 aromatic rings. The molecule has 0 saturated heterocycles. The normalized spacial score (nSPS) is 17.9. The van der Waals surface area contributed by atoms with Crippen LogP contribution in [0.2, 0.25) is 0 Å². The first-order valence-electron chi connectivity index (χ1n) is 14.0. The molecule has 0 spiro atoms. The van der Waals surface area contributed by atoms with Crippen molar-refractivity contribution in [3.63, 3.8) is 0 Å². The van der Waals surface area contributed by atoms with Crippen LogP contribution in [0.3, 0.4) is 0 Å². The molecule has 1 saturated carbocycles. The Morgan fingerprint density at radius 1 is 1.05 bits per heavy atom. The molecule has 0 radical (unpaired) electrons. The third kappa shape index (κ3) is 8.23. The minimum Gasteiger partial charge on any atom is -0.497 e. The number of hydrogen-bond donors (Lipinski definition) is 2. The largest absolute Gasteiger partial charge is 0.497 e. The summed E-state index contributed by atoms with van der Waals surface area (Å²) in [4.78, 5) is 43.0. The summed E-state index contributed by atoms with van der Waals surface area (Å²) in [5.41, 5.74) is 2.63. The highest BCUT2D eigenvalue weighted by Gasteiger charge is 2.48. The first-order valence-corrected chi connectivity index (χ1v) is 14.0. The molecule has 2 aromatic carbocycles. The lowest BCUT2D eigenvalue weighted by molar-refractivity contribution is -0.142. The van der Waals surface area contributed by atoms with Crippen molar-refractivity contribution in [2.75, 3.05) is 12.4 Å². The van der Waals surface area contributed by atoms with E-state index < -0.39 is 23.8 Å². The lowest BCUT2D eigenvalue weighted by Crippen LogP contribution is -2.53. The van der Waals surface area contributed by atoms with Gasteiger partial charge < -0.3 is 25.0 Å². The van der Waals surface area contributed by atoms with Crippen LogP contribution in [0.4, 0.5) is 10.5 Å². The minimum absolute atomic E-state index is 0.120. The zero-order chi connectivity index (χ0) is 29.8. The maximum Gasteiger partial charge on any atom is 0.408 e. The number of methoxy groups -OCH3 is 1. The highest BCUT2D eigenvalue weighted by atomic mass is 16.6. The Morgan fingerprint density at radius 2 is 1.68 bits per heavy atom. The van der Waals surface area contributed by atoms with Gasteiger partial charge in [-0.15, -0.1) is 0 Å². The number of benzene rings is 2. The first-order chi connectivity index (χ1) is 18.7. The summed E-state index contributed by atoms with van der Waals surface area (Å²) < 4.78 is 10.7. The molecule has 0 heterocycles. The van der Waals surface area contributed by atoms with Crippen LogP contribution in [-0.2, 0) is 14.3 Å². The Morgan fingerprint density at radius 3 is 2.17 bits per heavy atom. The van der Waals surface area contributed by atoms with Crippen molar-refractivity contribution in [3.05, 3.63) is 59.2 Å². The Balaban J connectivity index is 2.04. The number of carbonyl (C=O) groups is 3. The van der Waals surface area contributed by atoms with Gasteiger partial charge in [0.2, 0.25) is 5.91 Å². The van der Waals surface area contributed by atoms with Crippen LogP contribution in [0.15, 0.2) is 42.5 Å². The summed E-state index contributed by atoms with van der Waals surface area (Å²) in [6.07, 6.45) is 0.542. The molecule has 218 valence electrons. The van der Waals surface area contributed by atoms with Crippen molar-refractivity contribution in [2.24, 2.45) is 11.8 Å². The zero-order valence-electron chi connectivity index (χ0n) is 25.3. The van der Waals surface area contributed by atoms with Gasteiger partial charge in [-0.2, -0.15) is 0 Å². The lowest BCUT2D eigenvalue weighted by Gasteiger charge is -2.36. The highest BCUT2D eigenvalue weighted by molar-refractivity contribution is 5.99. The van der Waals surface area contributed by atoms with Gasteiger partial charge in [-0.3, -0.25) is 9.59 Å². The second-order valence-corrected chi connectivity index (χ2v) is 12.3. The van der Waals surface area contributed by atoms with Gasteiger partial charge >= 0.3 is 6.09 Å². The molecule has 8 nitrogen and oxygen atoms in total. The number of hydrogen-bond acceptors (Lipinski definition) is 5. The topological polar surface area (TPSA) is 97.0 Å². The van der Waals surface area contributed by atoms with Crippen molar-refractivity contribution in [2.45, 2.75) is 92.0 Å². The van der Waals surface area contributed by atoms with Gasteiger partial charge in [0.25, 0.3) is 5.91 Å². The maximum absolute atomic E-state index is 14.4. The van der Waals surface area contributed by atoms with Crippen molar-refractivity contribution in [1.82, 2.24) is 10.2 Å². The third-order valence-electron chi connectivity index (χ3n) is 6.98. The molecule has 0 bridgehead atoms. The minimum atomic E-state index is -0.889. The molecule has 8 heteroatoms. The fourth-order valence-corrected chi connectivity index (χ4v) is 4.93. The molecular weight excluding hydrogens is 506 g/mol. The number of anilines is 1. The standard InChI is InChI=1S/C32H45N3O5/c1-19(2)16-26(34-31(38)40-32(6,7)8)30(37)35(27-18-22(27)5)28(25-15-10-20(3)17-21(25)4)29(36)33-23-11-13-24(39-9)14-12-23/h10-15,17,19,22,26-28H,16,18H2,1-9H3,(H,33,36)(H,34,38). The van der Waals surface area contributed by atoms with Crippen LogP contribution >= 0.6 is 0 Å². The quantitative estimate of drug-likeness (QED) is 0.368. The van der Waals surface area contributed by atoms with E-state index in [4.69, 9.17) is 9.47 Å². The predicted octanol–water partition coefficient (Wildman–Crippen LogP) is 6.17. The number of aryl methyl sites for hydroxylation is 2. The van der Waals surface area contributed by atoms with Gasteiger partial charge in [-0.1, -0.05) is 44.5 Å². The molecule has 0 aromatic heterocycles. The number of rotatable bonds is 10. The lowest BCUT2D eigenvalue weighted by atomic mass is 9.95. The van der Waals surface area contributed by atoms with Gasteiger partial charge in [0.1, 0.15) is 23.4 Å². The number of carbonyl (C=O) groups excluding carboxylic acids is 3. The average molecular weight is 552 g/mol. The van der Waals surface area contributed by atoms with Crippen molar-refractivity contribution < 1.29 is 23.9 Å². The molecule has 3 rings (SSSR count). The highest BCUT2D eigenvalue weighted by Crippen LogP contribution is 2.42. The molecule has 1 aliphatic rings. The van der Waals surface area contributed by atoms with Crippen molar-refractivity contribution >= 4 is 23.6 Å². The summed E-state index contributed by atoms with van der Waals surface area (Å²) >= 11 is 0. The maximum atomic E-state index is 14.4. The van der Waals surface area contributed by atoms with Crippen LogP contribution in [-0.4, -0.2) is 47.6 Å². The third-order valence-corrected chi connectivity index (χ3v) is 6.98. The van der Waals surface area contributed by atoms with E-state index in [-0.39, 0.29) is 29.7 Å². The zero-order valence-corrected chi connectivity index (χ0v) is 25.3. The van der Waals surface area contributed by atoms with Crippen LogP contribution < -0.4 is 15.4 Å². The number of ether oxygens (including phenoxy) is 2. The van der Waals surface area contributed by atoms with Crippen LogP contribution in [0.25, 0.3) is 0 Å². The van der Waals surface area contributed by atoms with Gasteiger partial charge in [0, 0.05) is 11.7 Å². The smallest absolute Gasteiger partial charge is 0.408 e. The summed E-state index contributed by atoms with van der Waals surface area (Å²) in [5.74, 6) is 0.424. The van der Waals surface area contributed by atoms with Gasteiger partial charge in [-0.25, -0.2) is 4.79 Å². The van der Waals surface area contributed by atoms with E-state index in [1.807, 2.05) is 45.9 Å². The first kappa shape index (κ1) is 31.0. The molecule has 4 atom stereocenters. The van der Waals surface area contributed by atoms with E-state index in [1.54, 1.807) is 57.0 Å². The number of alkyl carbamates (subject to hydrolysis) is 1. The van der Waals surface area contributed by atoms with Gasteiger partial charge in [0.05, 0.1) is 7.11 Å². The van der Waals surface area contributed by atoms with Crippen molar-refractivity contribution in [3.8, 4) is 5.75 Å². The van der Waals surface area contributed by atoms with E-state index in [1.165, 1.54) is 0 Å². The fraction of sp³-hybridized carbons (Fsp3) is 0.531. The molecule has 1 aliphatic carbocycles. The van der Waals surface area contributed by atoms with E-state index >= 15 is 0 Å². The summed E-state index contributed by atoms with van der Waals surface area (Å²) in [6, 6.07) is 11.1. The Bertz CT molecular complexity index is 1200. The molecule has 40 heavy (non-hydrogen) atoms. The van der Waals surface area contributed by atoms with E-state index in [0.717, 1.165) is 23.1 Å². The fourth-order valence-electron chi connectivity index (χ4n) is 4.93. The number of nitrogens with one attached hydrogen (secondary N) is 2. The van der Waals surface area contributed by atoms with Crippen molar-refractivity contribution in [1.29, 1.82) is 0 Å². The summed E-state index contributed by atoms with van der Waals surface area (Å²) in [5, 5.41) is 5.83. The van der Waals surface area contributed by atoms with Gasteiger partial charge in [0.15, 0.2) is 0 Å². The second kappa shape index (κ2) is 12.7. The number of amides is 3. The number of nitrogens with zero attached hydrogens (tertiary/aromatic N) is 1. The van der Waals surface area contributed by atoms with Crippen LogP contribution in [0.1, 0.15) is 77.1 Å². The Hall–Kier alpha value is -3.55.